The van der Waals surface area contributed by atoms with Gasteiger partial charge in [0.1, 0.15) is 0 Å². The lowest BCUT2D eigenvalue weighted by molar-refractivity contribution is 0.653. The number of para-hydroxylation sites is 1. The minimum Gasteiger partial charge on any atom is -0.331 e. The number of benzene rings is 1. The molecule has 0 saturated heterocycles. The zero-order valence-electron chi connectivity index (χ0n) is 12.6. The first kappa shape index (κ1) is 13.8. The van der Waals surface area contributed by atoms with E-state index in [2.05, 4.69) is 56.9 Å². The molecule has 0 spiro atoms. The fraction of sp³-hybridized carbons (Fsp3) is 0.375. The molecule has 21 heavy (non-hydrogen) atoms. The third-order valence-electron chi connectivity index (χ3n) is 3.68. The van der Waals surface area contributed by atoms with Gasteiger partial charge in [-0.1, -0.05) is 18.2 Å². The van der Waals surface area contributed by atoms with E-state index in [1.807, 2.05) is 13.4 Å². The number of hydrogen-bond donors (Lipinski definition) is 1. The summed E-state index contributed by atoms with van der Waals surface area (Å²) in [6.07, 6.45) is 4.95. The highest BCUT2D eigenvalue weighted by molar-refractivity contribution is 5.81. The smallest absolute Gasteiger partial charge is 0.0953 e. The number of fused-ring (bicyclic) bond motifs is 1. The predicted octanol–water partition coefficient (Wildman–Crippen LogP) is 2.06. The lowest BCUT2D eigenvalue weighted by Gasteiger charge is -1.99. The molecule has 0 radical (unpaired) electrons. The van der Waals surface area contributed by atoms with Gasteiger partial charge in [0.05, 0.1) is 29.8 Å². The largest absolute Gasteiger partial charge is 0.331 e. The van der Waals surface area contributed by atoms with Crippen molar-refractivity contribution in [1.29, 1.82) is 0 Å². The summed E-state index contributed by atoms with van der Waals surface area (Å²) in [4.78, 5) is 4.45. The Morgan fingerprint density at radius 3 is 2.90 bits per heavy atom. The number of likely N-dealkylation sites (N-methyl/N-ethyl adjacent to an activating group) is 1. The third-order valence-corrected chi connectivity index (χ3v) is 3.68. The maximum atomic E-state index is 4.73. The molecule has 1 aromatic carbocycles. The van der Waals surface area contributed by atoms with Crippen molar-refractivity contribution in [2.45, 2.75) is 26.4 Å². The molecule has 2 heterocycles. The SMILES string of the molecule is CCn1nc(Cn2cnc(CCNC)c2)c2ccccc21. The van der Waals surface area contributed by atoms with Gasteiger partial charge in [0.2, 0.25) is 0 Å². The Kier molecular flexibility index (Phi) is 4.01. The highest BCUT2D eigenvalue weighted by Crippen LogP contribution is 2.19. The normalized spacial score (nSPS) is 11.3. The van der Waals surface area contributed by atoms with Crippen LogP contribution in [0.1, 0.15) is 18.3 Å². The molecule has 0 fully saturated rings. The summed E-state index contributed by atoms with van der Waals surface area (Å²) >= 11 is 0. The number of hydrogen-bond acceptors (Lipinski definition) is 3. The Morgan fingerprint density at radius 1 is 1.24 bits per heavy atom. The Bertz CT molecular complexity index is 725. The van der Waals surface area contributed by atoms with Crippen molar-refractivity contribution in [1.82, 2.24) is 24.6 Å². The van der Waals surface area contributed by atoms with E-state index in [1.165, 1.54) is 10.9 Å². The average Bonchev–Trinajstić information content (AvgIpc) is 3.10. The van der Waals surface area contributed by atoms with E-state index in [-0.39, 0.29) is 0 Å². The number of rotatable bonds is 6. The summed E-state index contributed by atoms with van der Waals surface area (Å²) in [5.41, 5.74) is 3.42. The van der Waals surface area contributed by atoms with E-state index in [0.717, 1.165) is 37.4 Å². The van der Waals surface area contributed by atoms with Crippen LogP contribution in [0.3, 0.4) is 0 Å². The monoisotopic (exact) mass is 283 g/mol. The van der Waals surface area contributed by atoms with Crippen molar-refractivity contribution >= 4 is 10.9 Å². The Labute approximate surface area is 124 Å². The zero-order chi connectivity index (χ0) is 14.7. The Balaban J connectivity index is 1.86. The lowest BCUT2D eigenvalue weighted by Crippen LogP contribution is -2.10. The highest BCUT2D eigenvalue weighted by atomic mass is 15.3. The van der Waals surface area contributed by atoms with Gasteiger partial charge >= 0.3 is 0 Å². The molecular weight excluding hydrogens is 262 g/mol. The first-order chi connectivity index (χ1) is 10.3. The van der Waals surface area contributed by atoms with Gasteiger partial charge in [-0.2, -0.15) is 5.10 Å². The number of imidazole rings is 1. The van der Waals surface area contributed by atoms with Crippen LogP contribution in [0.25, 0.3) is 10.9 Å². The molecule has 1 N–H and O–H groups in total. The molecule has 2 aromatic heterocycles. The summed E-state index contributed by atoms with van der Waals surface area (Å²) < 4.78 is 4.17. The fourth-order valence-corrected chi connectivity index (χ4v) is 2.60. The number of nitrogens with zero attached hydrogens (tertiary/aromatic N) is 4. The van der Waals surface area contributed by atoms with Gasteiger partial charge in [0, 0.05) is 31.1 Å². The molecule has 3 rings (SSSR count). The van der Waals surface area contributed by atoms with E-state index < -0.39 is 0 Å². The first-order valence-corrected chi connectivity index (χ1v) is 7.41. The summed E-state index contributed by atoms with van der Waals surface area (Å²) in [6, 6.07) is 8.40. The minimum atomic E-state index is 0.764. The van der Waals surface area contributed by atoms with Crippen LogP contribution in [0.5, 0.6) is 0 Å². The molecule has 5 heteroatoms. The van der Waals surface area contributed by atoms with Gasteiger partial charge in [-0.05, 0) is 20.0 Å². The van der Waals surface area contributed by atoms with Crippen molar-refractivity contribution in [3.05, 3.63) is 48.2 Å². The molecule has 0 saturated carbocycles. The second-order valence-corrected chi connectivity index (χ2v) is 5.17. The van der Waals surface area contributed by atoms with E-state index >= 15 is 0 Å². The average molecular weight is 283 g/mol. The fourth-order valence-electron chi connectivity index (χ4n) is 2.60. The summed E-state index contributed by atoms with van der Waals surface area (Å²) in [5.74, 6) is 0. The molecule has 0 aliphatic carbocycles. The van der Waals surface area contributed by atoms with Crippen LogP contribution in [0.15, 0.2) is 36.8 Å². The van der Waals surface area contributed by atoms with Gasteiger partial charge in [0.15, 0.2) is 0 Å². The van der Waals surface area contributed by atoms with Crippen molar-refractivity contribution in [2.75, 3.05) is 13.6 Å². The van der Waals surface area contributed by atoms with Crippen molar-refractivity contribution in [3.8, 4) is 0 Å². The van der Waals surface area contributed by atoms with Crippen LogP contribution in [0.2, 0.25) is 0 Å². The standard InChI is InChI=1S/C16H21N5/c1-3-21-16-7-5-4-6-14(16)15(19-21)11-20-10-13(18-12-20)8-9-17-2/h4-7,10,12,17H,3,8-9,11H2,1-2H3. The Morgan fingerprint density at radius 2 is 2.10 bits per heavy atom. The van der Waals surface area contributed by atoms with Gasteiger partial charge in [-0.15, -0.1) is 0 Å². The van der Waals surface area contributed by atoms with E-state index in [1.54, 1.807) is 0 Å². The van der Waals surface area contributed by atoms with Gasteiger partial charge in [0.25, 0.3) is 0 Å². The quantitative estimate of drug-likeness (QED) is 0.753. The molecule has 5 nitrogen and oxygen atoms in total. The van der Waals surface area contributed by atoms with Crippen molar-refractivity contribution < 1.29 is 0 Å². The second-order valence-electron chi connectivity index (χ2n) is 5.17. The van der Waals surface area contributed by atoms with E-state index in [0.29, 0.717) is 0 Å². The maximum absolute atomic E-state index is 4.73. The van der Waals surface area contributed by atoms with Crippen LogP contribution >= 0.6 is 0 Å². The van der Waals surface area contributed by atoms with Crippen LogP contribution in [0.4, 0.5) is 0 Å². The zero-order valence-corrected chi connectivity index (χ0v) is 12.6. The summed E-state index contributed by atoms with van der Waals surface area (Å²) in [5, 5.41) is 9.10. The van der Waals surface area contributed by atoms with Gasteiger partial charge < -0.3 is 9.88 Å². The van der Waals surface area contributed by atoms with Gasteiger partial charge in [-0.3, -0.25) is 4.68 Å². The minimum absolute atomic E-state index is 0.764. The third kappa shape index (κ3) is 2.83. The van der Waals surface area contributed by atoms with Crippen LogP contribution in [-0.4, -0.2) is 32.9 Å². The molecule has 110 valence electrons. The van der Waals surface area contributed by atoms with Crippen LogP contribution in [-0.2, 0) is 19.5 Å². The molecule has 0 bridgehead atoms. The number of aromatic nitrogens is 4. The predicted molar refractivity (Wildman–Crippen MR) is 84.4 cm³/mol. The number of aryl methyl sites for hydroxylation is 1. The molecule has 3 aromatic rings. The van der Waals surface area contributed by atoms with Gasteiger partial charge in [-0.25, -0.2) is 4.98 Å². The lowest BCUT2D eigenvalue weighted by atomic mass is 10.2. The second kappa shape index (κ2) is 6.10. The molecule has 0 aliphatic heterocycles. The van der Waals surface area contributed by atoms with E-state index in [9.17, 15) is 0 Å². The summed E-state index contributed by atoms with van der Waals surface area (Å²) in [7, 11) is 1.96. The Hall–Kier alpha value is -2.14. The van der Waals surface area contributed by atoms with Crippen molar-refractivity contribution in [2.24, 2.45) is 0 Å². The first-order valence-electron chi connectivity index (χ1n) is 7.41. The molecule has 0 unspecified atom stereocenters. The summed E-state index contributed by atoms with van der Waals surface area (Å²) in [6.45, 7) is 4.72. The number of nitrogens with one attached hydrogen (secondary N) is 1. The van der Waals surface area contributed by atoms with E-state index in [4.69, 9.17) is 5.10 Å². The highest BCUT2D eigenvalue weighted by Gasteiger charge is 2.09. The maximum Gasteiger partial charge on any atom is 0.0953 e. The van der Waals surface area contributed by atoms with Crippen LogP contribution < -0.4 is 5.32 Å². The molecular formula is C16H21N5. The molecule has 0 aliphatic rings. The van der Waals surface area contributed by atoms with Crippen LogP contribution in [0, 0.1) is 0 Å². The molecule has 0 atom stereocenters. The van der Waals surface area contributed by atoms with Crippen molar-refractivity contribution in [3.63, 3.8) is 0 Å². The topological polar surface area (TPSA) is 47.7 Å². The molecule has 0 amide bonds.